The van der Waals surface area contributed by atoms with Gasteiger partial charge in [-0.1, -0.05) is 13.8 Å². The number of aromatic nitrogens is 5. The maximum atomic E-state index is 13.1. The van der Waals surface area contributed by atoms with Crippen molar-refractivity contribution in [3.63, 3.8) is 0 Å². The number of hydrogen-bond acceptors (Lipinski definition) is 8. The first-order valence-electron chi connectivity index (χ1n) is 10.8. The fourth-order valence-corrected chi connectivity index (χ4v) is 3.84. The maximum absolute atomic E-state index is 13.1. The van der Waals surface area contributed by atoms with Crippen LogP contribution in [0.1, 0.15) is 42.9 Å². The minimum atomic E-state index is -0.702. The molecule has 4 rings (SSSR count). The standard InChI is InChI=1S/C24H27N7O3/c1-14-12-27-17-7-6-15(13-31(14)17)18-20(22-26-10-11-34-22)29-21(25)19(28-18)16(32)8-9-24(2,3)23(33)30(4)5/h6-7,10-13H,8-9H2,1-5H3,(H2,25,29). The predicted octanol–water partition coefficient (Wildman–Crippen LogP) is 3.41. The third-order valence-corrected chi connectivity index (χ3v) is 5.75. The topological polar surface area (TPSA) is 133 Å². The summed E-state index contributed by atoms with van der Waals surface area (Å²) in [6.45, 7) is 5.58. The van der Waals surface area contributed by atoms with Crippen molar-refractivity contribution in [2.24, 2.45) is 5.41 Å². The van der Waals surface area contributed by atoms with E-state index in [4.69, 9.17) is 10.2 Å². The van der Waals surface area contributed by atoms with Crippen LogP contribution in [0.5, 0.6) is 0 Å². The number of ketones is 1. The quantitative estimate of drug-likeness (QED) is 0.414. The summed E-state index contributed by atoms with van der Waals surface area (Å²) >= 11 is 0. The molecule has 176 valence electrons. The molecule has 0 saturated heterocycles. The highest BCUT2D eigenvalue weighted by Gasteiger charge is 2.31. The van der Waals surface area contributed by atoms with E-state index >= 15 is 0 Å². The van der Waals surface area contributed by atoms with Gasteiger partial charge in [0, 0.05) is 49.6 Å². The minimum absolute atomic E-state index is 0.0152. The number of nitrogens with two attached hydrogens (primary N) is 1. The Balaban J connectivity index is 1.75. The third kappa shape index (κ3) is 4.26. The summed E-state index contributed by atoms with van der Waals surface area (Å²) in [5, 5.41) is 0. The SMILES string of the molecule is Cc1cnc2ccc(-c3nc(C(=O)CCC(C)(C)C(=O)N(C)C)c(N)nc3-c3ncco3)cn12. The monoisotopic (exact) mass is 461 g/mol. The molecule has 0 saturated carbocycles. The zero-order valence-corrected chi connectivity index (χ0v) is 19.9. The molecule has 0 aliphatic heterocycles. The summed E-state index contributed by atoms with van der Waals surface area (Å²) in [6.07, 6.45) is 7.03. The molecule has 1 amide bonds. The van der Waals surface area contributed by atoms with Crippen molar-refractivity contribution in [3.8, 4) is 22.8 Å². The van der Waals surface area contributed by atoms with Crippen LogP contribution in [0.15, 0.2) is 41.4 Å². The lowest BCUT2D eigenvalue weighted by molar-refractivity contribution is -0.137. The van der Waals surface area contributed by atoms with Gasteiger partial charge in [0.25, 0.3) is 0 Å². The second kappa shape index (κ2) is 8.69. The Labute approximate surface area is 196 Å². The van der Waals surface area contributed by atoms with Crippen molar-refractivity contribution in [3.05, 3.63) is 48.4 Å². The number of hydrogen-bond donors (Lipinski definition) is 1. The largest absolute Gasteiger partial charge is 0.443 e. The van der Waals surface area contributed by atoms with E-state index in [9.17, 15) is 9.59 Å². The highest BCUT2D eigenvalue weighted by atomic mass is 16.3. The lowest BCUT2D eigenvalue weighted by Gasteiger charge is -2.26. The van der Waals surface area contributed by atoms with Gasteiger partial charge in [-0.15, -0.1) is 0 Å². The number of nitrogens with zero attached hydrogens (tertiary/aromatic N) is 6. The molecule has 34 heavy (non-hydrogen) atoms. The molecule has 4 heterocycles. The first-order valence-corrected chi connectivity index (χ1v) is 10.8. The Hall–Kier alpha value is -4.08. The molecular formula is C24H27N7O3. The smallest absolute Gasteiger partial charge is 0.247 e. The molecule has 4 aromatic heterocycles. The van der Waals surface area contributed by atoms with Gasteiger partial charge in [-0.05, 0) is 25.5 Å². The molecular weight excluding hydrogens is 434 g/mol. The first kappa shape index (κ1) is 23.1. The van der Waals surface area contributed by atoms with E-state index < -0.39 is 5.41 Å². The van der Waals surface area contributed by atoms with Crippen LogP contribution in [0.2, 0.25) is 0 Å². The minimum Gasteiger partial charge on any atom is -0.443 e. The van der Waals surface area contributed by atoms with Crippen molar-refractivity contribution in [2.45, 2.75) is 33.6 Å². The van der Waals surface area contributed by atoms with Gasteiger partial charge in [-0.25, -0.2) is 19.9 Å². The molecule has 0 aliphatic rings. The van der Waals surface area contributed by atoms with Crippen LogP contribution in [0.4, 0.5) is 5.82 Å². The summed E-state index contributed by atoms with van der Waals surface area (Å²) in [4.78, 5) is 44.7. The van der Waals surface area contributed by atoms with Gasteiger partial charge >= 0.3 is 0 Å². The summed E-state index contributed by atoms with van der Waals surface area (Å²) < 4.78 is 7.38. The van der Waals surface area contributed by atoms with Crippen molar-refractivity contribution < 1.29 is 14.0 Å². The summed E-state index contributed by atoms with van der Waals surface area (Å²) in [5.41, 5.74) is 8.70. The van der Waals surface area contributed by atoms with E-state index in [0.717, 1.165) is 11.3 Å². The zero-order chi connectivity index (χ0) is 24.6. The number of amides is 1. The van der Waals surface area contributed by atoms with Gasteiger partial charge in [-0.3, -0.25) is 9.59 Å². The normalized spacial score (nSPS) is 11.7. The lowest BCUT2D eigenvalue weighted by atomic mass is 9.85. The molecule has 0 unspecified atom stereocenters. The number of anilines is 1. The number of aryl methyl sites for hydroxylation is 1. The number of nitrogen functional groups attached to an aromatic ring is 1. The number of Topliss-reactive ketones (excluding diaryl/α,β-unsaturated/α-hetero) is 1. The number of pyridine rings is 1. The van der Waals surface area contributed by atoms with E-state index in [1.165, 1.54) is 17.4 Å². The van der Waals surface area contributed by atoms with E-state index in [-0.39, 0.29) is 35.5 Å². The molecule has 0 radical (unpaired) electrons. The van der Waals surface area contributed by atoms with E-state index in [1.807, 2.05) is 43.5 Å². The lowest BCUT2D eigenvalue weighted by Crippen LogP contribution is -2.36. The first-order chi connectivity index (χ1) is 16.1. The van der Waals surface area contributed by atoms with Gasteiger partial charge in [0.15, 0.2) is 17.3 Å². The van der Waals surface area contributed by atoms with Gasteiger partial charge in [0.05, 0.1) is 6.20 Å². The van der Waals surface area contributed by atoms with Crippen LogP contribution in [0.3, 0.4) is 0 Å². The zero-order valence-electron chi connectivity index (χ0n) is 19.9. The van der Waals surface area contributed by atoms with Crippen molar-refractivity contribution in [1.82, 2.24) is 29.2 Å². The average Bonchev–Trinajstić information content (AvgIpc) is 3.47. The molecule has 0 aromatic carbocycles. The van der Waals surface area contributed by atoms with E-state index in [1.54, 1.807) is 20.3 Å². The Kier molecular flexibility index (Phi) is 5.90. The fraction of sp³-hybridized carbons (Fsp3) is 0.333. The van der Waals surface area contributed by atoms with E-state index in [0.29, 0.717) is 23.4 Å². The third-order valence-electron chi connectivity index (χ3n) is 5.75. The second-order valence-corrected chi connectivity index (χ2v) is 9.04. The molecule has 2 N–H and O–H groups in total. The van der Waals surface area contributed by atoms with Gasteiger partial charge in [-0.2, -0.15) is 0 Å². The molecule has 0 bridgehead atoms. The molecule has 0 atom stereocenters. The molecule has 0 aliphatic carbocycles. The number of carbonyl (C=O) groups is 2. The van der Waals surface area contributed by atoms with Crippen LogP contribution in [0.25, 0.3) is 28.5 Å². The Morgan fingerprint density at radius 3 is 2.59 bits per heavy atom. The summed E-state index contributed by atoms with van der Waals surface area (Å²) in [7, 11) is 3.39. The fourth-order valence-electron chi connectivity index (χ4n) is 3.84. The highest BCUT2D eigenvalue weighted by Crippen LogP contribution is 2.32. The Morgan fingerprint density at radius 2 is 1.91 bits per heavy atom. The van der Waals surface area contributed by atoms with Crippen LogP contribution < -0.4 is 5.73 Å². The molecule has 10 nitrogen and oxygen atoms in total. The predicted molar refractivity (Wildman–Crippen MR) is 127 cm³/mol. The maximum Gasteiger partial charge on any atom is 0.247 e. The number of carbonyl (C=O) groups excluding carboxylic acids is 2. The van der Waals surface area contributed by atoms with E-state index in [2.05, 4.69) is 19.9 Å². The molecule has 10 heteroatoms. The number of rotatable bonds is 7. The summed E-state index contributed by atoms with van der Waals surface area (Å²) in [5.74, 6) is -0.111. The van der Waals surface area contributed by atoms with Crippen LogP contribution in [0, 0.1) is 12.3 Å². The Morgan fingerprint density at radius 1 is 1.15 bits per heavy atom. The van der Waals surface area contributed by atoms with Crippen molar-refractivity contribution in [2.75, 3.05) is 19.8 Å². The van der Waals surface area contributed by atoms with Crippen molar-refractivity contribution in [1.29, 1.82) is 0 Å². The average molecular weight is 462 g/mol. The van der Waals surface area contributed by atoms with Crippen LogP contribution >= 0.6 is 0 Å². The number of fused-ring (bicyclic) bond motifs is 1. The number of oxazole rings is 1. The van der Waals surface area contributed by atoms with Crippen LogP contribution in [-0.4, -0.2) is 55.0 Å². The molecule has 4 aromatic rings. The second-order valence-electron chi connectivity index (χ2n) is 9.04. The molecule has 0 spiro atoms. The summed E-state index contributed by atoms with van der Waals surface area (Å²) in [6, 6.07) is 3.71. The highest BCUT2D eigenvalue weighted by molar-refractivity contribution is 5.99. The van der Waals surface area contributed by atoms with Gasteiger partial charge in [0.1, 0.15) is 23.3 Å². The Bertz CT molecular complexity index is 1370. The van der Waals surface area contributed by atoms with Gasteiger partial charge < -0.3 is 19.5 Å². The van der Waals surface area contributed by atoms with Crippen LogP contribution in [-0.2, 0) is 4.79 Å². The number of imidazole rings is 1. The molecule has 0 fully saturated rings. The van der Waals surface area contributed by atoms with Crippen molar-refractivity contribution >= 4 is 23.2 Å². The van der Waals surface area contributed by atoms with Gasteiger partial charge in [0.2, 0.25) is 11.8 Å².